The van der Waals surface area contributed by atoms with Crippen molar-refractivity contribution in [1.82, 2.24) is 10.2 Å². The van der Waals surface area contributed by atoms with Crippen molar-refractivity contribution < 1.29 is 27.9 Å². The summed E-state index contributed by atoms with van der Waals surface area (Å²) in [6.07, 6.45) is -4.45. The van der Waals surface area contributed by atoms with Gasteiger partial charge in [0.05, 0.1) is 0 Å². The molecule has 0 aromatic rings. The topological polar surface area (TPSA) is 69.6 Å². The zero-order valence-corrected chi connectivity index (χ0v) is 11.1. The molecule has 0 aliphatic rings. The van der Waals surface area contributed by atoms with Crippen LogP contribution in [0.5, 0.6) is 0 Å². The Balaban J connectivity index is 4.44. The summed E-state index contributed by atoms with van der Waals surface area (Å²) in [6.45, 7) is 3.18. The number of carbonyl (C=O) groups excluding carboxylic acids is 1. The van der Waals surface area contributed by atoms with Crippen molar-refractivity contribution in [3.8, 4) is 0 Å². The van der Waals surface area contributed by atoms with E-state index in [1.807, 2.05) is 0 Å². The van der Waals surface area contributed by atoms with Gasteiger partial charge in [0.15, 0.2) is 0 Å². The zero-order valence-electron chi connectivity index (χ0n) is 11.1. The van der Waals surface area contributed by atoms with Gasteiger partial charge in [0.2, 0.25) is 0 Å². The lowest BCUT2D eigenvalue weighted by molar-refractivity contribution is -0.142. The van der Waals surface area contributed by atoms with Crippen molar-refractivity contribution in [2.24, 2.45) is 0 Å². The second-order valence-corrected chi connectivity index (χ2v) is 4.62. The Kier molecular flexibility index (Phi) is 6.64. The second-order valence-electron chi connectivity index (χ2n) is 4.62. The van der Waals surface area contributed by atoms with Crippen molar-refractivity contribution in [2.45, 2.75) is 51.9 Å². The molecule has 0 aromatic carbocycles. The van der Waals surface area contributed by atoms with Gasteiger partial charge in [-0.2, -0.15) is 13.2 Å². The standard InChI is InChI=1S/C11H19F3N2O3/c1-7(2)16(6-11(12,13)14)10(19)15-8(3)4-5-9(17)18/h7-8H,4-6H2,1-3H3,(H,15,19)(H,17,18). The molecule has 0 saturated carbocycles. The molecule has 0 bridgehead atoms. The molecule has 0 aromatic heterocycles. The fourth-order valence-electron chi connectivity index (χ4n) is 1.39. The smallest absolute Gasteiger partial charge is 0.406 e. The molecule has 0 aliphatic heterocycles. The average molecular weight is 284 g/mol. The summed E-state index contributed by atoms with van der Waals surface area (Å²) in [5, 5.41) is 10.8. The molecule has 2 N–H and O–H groups in total. The number of carboxylic acids is 1. The van der Waals surface area contributed by atoms with E-state index in [1.54, 1.807) is 6.92 Å². The molecule has 8 heteroatoms. The SMILES string of the molecule is CC(CCC(=O)O)NC(=O)N(CC(F)(F)F)C(C)C. The van der Waals surface area contributed by atoms with E-state index in [4.69, 9.17) is 5.11 Å². The van der Waals surface area contributed by atoms with E-state index in [-0.39, 0.29) is 12.8 Å². The van der Waals surface area contributed by atoms with Gasteiger partial charge in [0.25, 0.3) is 0 Å². The van der Waals surface area contributed by atoms with E-state index in [0.29, 0.717) is 4.90 Å². The minimum absolute atomic E-state index is 0.150. The van der Waals surface area contributed by atoms with Crippen LogP contribution < -0.4 is 5.32 Å². The largest absolute Gasteiger partial charge is 0.481 e. The third-order valence-electron chi connectivity index (χ3n) is 2.39. The number of hydrogen-bond acceptors (Lipinski definition) is 2. The summed E-state index contributed by atoms with van der Waals surface area (Å²) in [4.78, 5) is 22.7. The first-order chi connectivity index (χ1) is 8.53. The maximum absolute atomic E-state index is 12.3. The van der Waals surface area contributed by atoms with Gasteiger partial charge in [0, 0.05) is 18.5 Å². The van der Waals surface area contributed by atoms with E-state index in [0.717, 1.165) is 0 Å². The van der Waals surface area contributed by atoms with Crippen LogP contribution in [0.1, 0.15) is 33.6 Å². The number of carboxylic acid groups (broad SMARTS) is 1. The van der Waals surface area contributed by atoms with Gasteiger partial charge >= 0.3 is 18.2 Å². The highest BCUT2D eigenvalue weighted by atomic mass is 19.4. The van der Waals surface area contributed by atoms with Crippen LogP contribution in [-0.4, -0.2) is 46.8 Å². The van der Waals surface area contributed by atoms with Gasteiger partial charge in [-0.1, -0.05) is 0 Å². The van der Waals surface area contributed by atoms with Gasteiger partial charge in [-0.05, 0) is 27.2 Å². The molecular formula is C11H19F3N2O3. The Morgan fingerprint density at radius 3 is 2.16 bits per heavy atom. The van der Waals surface area contributed by atoms with Crippen molar-refractivity contribution in [3.05, 3.63) is 0 Å². The lowest BCUT2D eigenvalue weighted by Gasteiger charge is -2.29. The molecule has 0 fully saturated rings. The van der Waals surface area contributed by atoms with Gasteiger partial charge < -0.3 is 15.3 Å². The van der Waals surface area contributed by atoms with E-state index in [9.17, 15) is 22.8 Å². The maximum Gasteiger partial charge on any atom is 0.406 e. The van der Waals surface area contributed by atoms with Crippen LogP contribution in [0, 0.1) is 0 Å². The van der Waals surface area contributed by atoms with Crippen molar-refractivity contribution in [2.75, 3.05) is 6.54 Å². The van der Waals surface area contributed by atoms with Gasteiger partial charge in [-0.3, -0.25) is 4.79 Å². The summed E-state index contributed by atoms with van der Waals surface area (Å²) in [5.74, 6) is -1.02. The Morgan fingerprint density at radius 2 is 1.79 bits per heavy atom. The number of aliphatic carboxylic acids is 1. The molecule has 0 saturated heterocycles. The van der Waals surface area contributed by atoms with Crippen LogP contribution in [0.15, 0.2) is 0 Å². The summed E-state index contributed by atoms with van der Waals surface area (Å²) >= 11 is 0. The van der Waals surface area contributed by atoms with Crippen LogP contribution >= 0.6 is 0 Å². The van der Waals surface area contributed by atoms with Gasteiger partial charge in [-0.15, -0.1) is 0 Å². The van der Waals surface area contributed by atoms with Crippen LogP contribution in [0.2, 0.25) is 0 Å². The minimum Gasteiger partial charge on any atom is -0.481 e. The summed E-state index contributed by atoms with van der Waals surface area (Å²) in [6, 6.07) is -1.95. The Hall–Kier alpha value is -1.47. The number of nitrogens with zero attached hydrogens (tertiary/aromatic N) is 1. The number of halogens is 3. The van der Waals surface area contributed by atoms with E-state index in [2.05, 4.69) is 5.32 Å². The number of alkyl halides is 3. The normalized spacial score (nSPS) is 13.2. The highest BCUT2D eigenvalue weighted by Gasteiger charge is 2.34. The van der Waals surface area contributed by atoms with Crippen molar-refractivity contribution in [3.63, 3.8) is 0 Å². The van der Waals surface area contributed by atoms with Gasteiger partial charge in [-0.25, -0.2) is 4.79 Å². The number of urea groups is 1. The molecule has 1 unspecified atom stereocenters. The fourth-order valence-corrected chi connectivity index (χ4v) is 1.39. The Bertz CT molecular complexity index is 319. The average Bonchev–Trinajstić information content (AvgIpc) is 2.21. The summed E-state index contributed by atoms with van der Waals surface area (Å²) < 4.78 is 37.0. The van der Waals surface area contributed by atoms with Crippen LogP contribution in [-0.2, 0) is 4.79 Å². The number of rotatable bonds is 6. The number of hydrogen-bond donors (Lipinski definition) is 2. The molecular weight excluding hydrogens is 265 g/mol. The minimum atomic E-state index is -4.47. The van der Waals surface area contributed by atoms with Crippen LogP contribution in [0.3, 0.4) is 0 Å². The van der Waals surface area contributed by atoms with E-state index < -0.39 is 36.8 Å². The Morgan fingerprint density at radius 1 is 1.26 bits per heavy atom. The maximum atomic E-state index is 12.3. The second kappa shape index (κ2) is 7.20. The third kappa shape index (κ3) is 8.28. The highest BCUT2D eigenvalue weighted by molar-refractivity contribution is 5.75. The summed E-state index contributed by atoms with van der Waals surface area (Å²) in [5.41, 5.74) is 0. The molecule has 5 nitrogen and oxygen atoms in total. The lowest BCUT2D eigenvalue weighted by atomic mass is 10.2. The fraction of sp³-hybridized carbons (Fsp3) is 0.818. The highest BCUT2D eigenvalue weighted by Crippen LogP contribution is 2.18. The predicted molar refractivity (Wildman–Crippen MR) is 62.8 cm³/mol. The molecule has 0 radical (unpaired) electrons. The van der Waals surface area contributed by atoms with E-state index in [1.165, 1.54) is 13.8 Å². The third-order valence-corrected chi connectivity index (χ3v) is 2.39. The van der Waals surface area contributed by atoms with E-state index >= 15 is 0 Å². The van der Waals surface area contributed by atoms with Crippen LogP contribution in [0.4, 0.5) is 18.0 Å². The molecule has 19 heavy (non-hydrogen) atoms. The zero-order chi connectivity index (χ0) is 15.2. The first-order valence-corrected chi connectivity index (χ1v) is 5.88. The van der Waals surface area contributed by atoms with Crippen LogP contribution in [0.25, 0.3) is 0 Å². The molecule has 2 amide bonds. The molecule has 1 atom stereocenters. The molecule has 0 heterocycles. The monoisotopic (exact) mass is 284 g/mol. The predicted octanol–water partition coefficient (Wildman–Crippen LogP) is 2.22. The quantitative estimate of drug-likeness (QED) is 0.785. The first-order valence-electron chi connectivity index (χ1n) is 5.88. The number of nitrogens with one attached hydrogen (secondary N) is 1. The molecule has 0 aliphatic carbocycles. The lowest BCUT2D eigenvalue weighted by Crippen LogP contribution is -2.50. The first kappa shape index (κ1) is 17.5. The Labute approximate surface area is 109 Å². The van der Waals surface area contributed by atoms with Gasteiger partial charge in [0.1, 0.15) is 6.54 Å². The molecule has 112 valence electrons. The molecule has 0 rings (SSSR count). The number of carbonyl (C=O) groups is 2. The van der Waals surface area contributed by atoms with Crippen molar-refractivity contribution >= 4 is 12.0 Å². The number of amides is 2. The summed E-state index contributed by atoms with van der Waals surface area (Å²) in [7, 11) is 0. The molecule has 0 spiro atoms. The van der Waals surface area contributed by atoms with Crippen molar-refractivity contribution in [1.29, 1.82) is 0 Å².